The zero-order chi connectivity index (χ0) is 12.1. The summed E-state index contributed by atoms with van der Waals surface area (Å²) in [5, 5.41) is 0. The minimum Gasteiger partial charge on any atom is -0.294 e. The topological polar surface area (TPSA) is 17.1 Å². The van der Waals surface area contributed by atoms with Crippen LogP contribution < -0.4 is 0 Å². The highest BCUT2D eigenvalue weighted by Crippen LogP contribution is 2.19. The minimum atomic E-state index is 0.314. The molecular formula is C16H20O. The van der Waals surface area contributed by atoms with E-state index in [2.05, 4.69) is 37.3 Å². The number of rotatable bonds is 4. The van der Waals surface area contributed by atoms with E-state index in [0.717, 1.165) is 30.4 Å². The Hall–Kier alpha value is -1.37. The smallest absolute Gasteiger partial charge is 0.162 e. The van der Waals surface area contributed by atoms with Gasteiger partial charge in [-0.15, -0.1) is 0 Å². The van der Waals surface area contributed by atoms with E-state index in [9.17, 15) is 4.79 Å². The van der Waals surface area contributed by atoms with Gasteiger partial charge in [-0.05, 0) is 48.8 Å². The number of benzene rings is 1. The molecule has 0 heterocycles. The normalized spacial score (nSPS) is 15.5. The molecule has 0 saturated heterocycles. The van der Waals surface area contributed by atoms with Crippen LogP contribution in [0, 0.1) is 0 Å². The summed E-state index contributed by atoms with van der Waals surface area (Å²) in [6.45, 7) is 2.15. The fraction of sp³-hybridized carbons (Fsp3) is 0.438. The van der Waals surface area contributed by atoms with E-state index in [1.54, 1.807) is 0 Å². The summed E-state index contributed by atoms with van der Waals surface area (Å²) >= 11 is 0. The molecule has 1 aromatic carbocycles. The zero-order valence-corrected chi connectivity index (χ0v) is 10.5. The SMILES string of the molecule is CCc1ccc(CC(=O)C2=CCCCC2)cc1. The molecule has 0 spiro atoms. The average molecular weight is 228 g/mol. The summed E-state index contributed by atoms with van der Waals surface area (Å²) in [5.41, 5.74) is 3.52. The molecule has 0 saturated carbocycles. The lowest BCUT2D eigenvalue weighted by atomic mass is 9.93. The summed E-state index contributed by atoms with van der Waals surface area (Å²) < 4.78 is 0. The molecule has 0 amide bonds. The van der Waals surface area contributed by atoms with Crippen LogP contribution in [-0.4, -0.2) is 5.78 Å². The van der Waals surface area contributed by atoms with Gasteiger partial charge < -0.3 is 0 Å². The van der Waals surface area contributed by atoms with Crippen LogP contribution in [0.4, 0.5) is 0 Å². The standard InChI is InChI=1S/C16H20O/c1-2-13-8-10-14(11-9-13)12-16(17)15-6-4-3-5-7-15/h6,8-11H,2-5,7,12H2,1H3. The van der Waals surface area contributed by atoms with Crippen LogP contribution in [0.3, 0.4) is 0 Å². The van der Waals surface area contributed by atoms with Crippen LogP contribution in [-0.2, 0) is 17.6 Å². The highest BCUT2D eigenvalue weighted by atomic mass is 16.1. The molecule has 2 rings (SSSR count). The van der Waals surface area contributed by atoms with Crippen LogP contribution in [0.25, 0.3) is 0 Å². The zero-order valence-electron chi connectivity index (χ0n) is 10.5. The largest absolute Gasteiger partial charge is 0.294 e. The Kier molecular flexibility index (Phi) is 4.13. The number of carbonyl (C=O) groups excluding carboxylic acids is 1. The third kappa shape index (κ3) is 3.29. The van der Waals surface area contributed by atoms with Crippen LogP contribution >= 0.6 is 0 Å². The minimum absolute atomic E-state index is 0.314. The number of Topliss-reactive ketones (excluding diaryl/α,β-unsaturated/α-hetero) is 1. The lowest BCUT2D eigenvalue weighted by molar-refractivity contribution is -0.115. The molecule has 0 atom stereocenters. The third-order valence-corrected chi connectivity index (χ3v) is 3.45. The lowest BCUT2D eigenvalue weighted by Crippen LogP contribution is -2.08. The third-order valence-electron chi connectivity index (χ3n) is 3.45. The summed E-state index contributed by atoms with van der Waals surface area (Å²) in [4.78, 5) is 12.1. The van der Waals surface area contributed by atoms with Gasteiger partial charge in [0.15, 0.2) is 5.78 Å². The molecule has 90 valence electrons. The maximum Gasteiger partial charge on any atom is 0.162 e. The van der Waals surface area contributed by atoms with E-state index in [4.69, 9.17) is 0 Å². The summed E-state index contributed by atoms with van der Waals surface area (Å²) in [7, 11) is 0. The van der Waals surface area contributed by atoms with Crippen LogP contribution in [0.15, 0.2) is 35.9 Å². The predicted molar refractivity (Wildman–Crippen MR) is 71.1 cm³/mol. The molecule has 1 aliphatic rings. The van der Waals surface area contributed by atoms with Gasteiger partial charge in [0.1, 0.15) is 0 Å². The fourth-order valence-corrected chi connectivity index (χ4v) is 2.28. The average Bonchev–Trinajstić information content (AvgIpc) is 2.40. The second-order valence-electron chi connectivity index (χ2n) is 4.75. The van der Waals surface area contributed by atoms with Gasteiger partial charge >= 0.3 is 0 Å². The number of hydrogen-bond donors (Lipinski definition) is 0. The van der Waals surface area contributed by atoms with Crippen molar-refractivity contribution in [3.05, 3.63) is 47.0 Å². The van der Waals surface area contributed by atoms with E-state index in [1.165, 1.54) is 18.4 Å². The van der Waals surface area contributed by atoms with Gasteiger partial charge in [0.25, 0.3) is 0 Å². The van der Waals surface area contributed by atoms with E-state index in [1.807, 2.05) is 0 Å². The first-order valence-electron chi connectivity index (χ1n) is 6.59. The molecule has 1 aliphatic carbocycles. The molecule has 1 nitrogen and oxygen atoms in total. The van der Waals surface area contributed by atoms with Gasteiger partial charge in [-0.1, -0.05) is 37.3 Å². The first-order chi connectivity index (χ1) is 8.29. The first-order valence-corrected chi connectivity index (χ1v) is 6.59. The number of ketones is 1. The Morgan fingerprint density at radius 3 is 2.41 bits per heavy atom. The van der Waals surface area contributed by atoms with Gasteiger partial charge in [0.2, 0.25) is 0 Å². The molecular weight excluding hydrogens is 208 g/mol. The van der Waals surface area contributed by atoms with E-state index in [-0.39, 0.29) is 0 Å². The number of allylic oxidation sites excluding steroid dienone is 2. The quantitative estimate of drug-likeness (QED) is 0.764. The molecule has 0 bridgehead atoms. The summed E-state index contributed by atoms with van der Waals surface area (Å²) in [6.07, 6.45) is 8.22. The Bertz CT molecular complexity index is 412. The Balaban J connectivity index is 1.99. The Morgan fingerprint density at radius 2 is 1.82 bits per heavy atom. The van der Waals surface area contributed by atoms with Crippen molar-refractivity contribution in [1.82, 2.24) is 0 Å². The molecule has 0 aliphatic heterocycles. The number of carbonyl (C=O) groups is 1. The molecule has 1 aromatic rings. The van der Waals surface area contributed by atoms with Gasteiger partial charge in [-0.3, -0.25) is 4.79 Å². The second kappa shape index (κ2) is 5.81. The molecule has 0 unspecified atom stereocenters. The molecule has 0 N–H and O–H groups in total. The Morgan fingerprint density at radius 1 is 1.12 bits per heavy atom. The molecule has 1 heteroatoms. The van der Waals surface area contributed by atoms with Crippen molar-refractivity contribution in [3.63, 3.8) is 0 Å². The van der Waals surface area contributed by atoms with Crippen molar-refractivity contribution in [3.8, 4) is 0 Å². The van der Waals surface area contributed by atoms with Gasteiger partial charge in [-0.25, -0.2) is 0 Å². The number of aryl methyl sites for hydroxylation is 1. The van der Waals surface area contributed by atoms with Crippen molar-refractivity contribution in [2.75, 3.05) is 0 Å². The Labute approximate surface area is 104 Å². The molecule has 17 heavy (non-hydrogen) atoms. The maximum atomic E-state index is 12.1. The van der Waals surface area contributed by atoms with Gasteiger partial charge in [0.05, 0.1) is 0 Å². The van der Waals surface area contributed by atoms with E-state index < -0.39 is 0 Å². The van der Waals surface area contributed by atoms with Crippen molar-refractivity contribution < 1.29 is 4.79 Å². The molecule has 0 aromatic heterocycles. The van der Waals surface area contributed by atoms with Crippen LogP contribution in [0.2, 0.25) is 0 Å². The van der Waals surface area contributed by atoms with Crippen LogP contribution in [0.5, 0.6) is 0 Å². The maximum absolute atomic E-state index is 12.1. The van der Waals surface area contributed by atoms with Crippen molar-refractivity contribution in [2.45, 2.75) is 45.4 Å². The monoisotopic (exact) mass is 228 g/mol. The van der Waals surface area contributed by atoms with Crippen molar-refractivity contribution in [1.29, 1.82) is 0 Å². The van der Waals surface area contributed by atoms with Gasteiger partial charge in [0, 0.05) is 6.42 Å². The summed E-state index contributed by atoms with van der Waals surface area (Å²) in [6, 6.07) is 8.41. The summed E-state index contributed by atoms with van der Waals surface area (Å²) in [5.74, 6) is 0.314. The number of hydrogen-bond acceptors (Lipinski definition) is 1. The van der Waals surface area contributed by atoms with Crippen molar-refractivity contribution in [2.24, 2.45) is 0 Å². The predicted octanol–water partition coefficient (Wildman–Crippen LogP) is 3.86. The lowest BCUT2D eigenvalue weighted by Gasteiger charge is -2.11. The van der Waals surface area contributed by atoms with Crippen molar-refractivity contribution >= 4 is 5.78 Å². The first kappa shape index (κ1) is 12.1. The van der Waals surface area contributed by atoms with E-state index >= 15 is 0 Å². The molecule has 0 fully saturated rings. The fourth-order valence-electron chi connectivity index (χ4n) is 2.28. The van der Waals surface area contributed by atoms with Crippen LogP contribution in [0.1, 0.15) is 43.7 Å². The second-order valence-corrected chi connectivity index (χ2v) is 4.75. The molecule has 0 radical (unpaired) electrons. The highest BCUT2D eigenvalue weighted by Gasteiger charge is 2.12. The highest BCUT2D eigenvalue weighted by molar-refractivity contribution is 5.96. The van der Waals surface area contributed by atoms with Gasteiger partial charge in [-0.2, -0.15) is 0 Å². The van der Waals surface area contributed by atoms with E-state index in [0.29, 0.717) is 12.2 Å².